The highest BCUT2D eigenvalue weighted by Gasteiger charge is 2.29. The van der Waals surface area contributed by atoms with E-state index < -0.39 is 0 Å². The molecule has 2 aromatic rings. The summed E-state index contributed by atoms with van der Waals surface area (Å²) in [5, 5.41) is 6.02. The minimum Gasteiger partial charge on any atom is -0.493 e. The van der Waals surface area contributed by atoms with Crippen LogP contribution >= 0.6 is 11.3 Å². The number of piperazine rings is 1. The molecule has 7 heteroatoms. The van der Waals surface area contributed by atoms with Crippen LogP contribution in [-0.2, 0) is 11.3 Å². The van der Waals surface area contributed by atoms with Crippen LogP contribution in [0.4, 0.5) is 0 Å². The molecule has 0 aliphatic carbocycles. The van der Waals surface area contributed by atoms with Gasteiger partial charge in [0.05, 0.1) is 25.5 Å². The highest BCUT2D eigenvalue weighted by molar-refractivity contribution is 7.13. The first kappa shape index (κ1) is 20.6. The lowest BCUT2D eigenvalue weighted by Gasteiger charge is -2.34. The molecular weight excluding hydrogens is 374 g/mol. The first-order chi connectivity index (χ1) is 13.7. The van der Waals surface area contributed by atoms with Crippen LogP contribution in [0.25, 0.3) is 10.6 Å². The molecule has 0 spiro atoms. The molecule has 1 saturated heterocycles. The number of benzene rings is 1. The third kappa shape index (κ3) is 4.83. The van der Waals surface area contributed by atoms with Crippen LogP contribution in [0, 0.1) is 0 Å². The number of hydrogen-bond donors (Lipinski definition) is 1. The van der Waals surface area contributed by atoms with Crippen molar-refractivity contribution >= 4 is 17.2 Å². The monoisotopic (exact) mass is 403 g/mol. The Morgan fingerprint density at radius 1 is 1.32 bits per heavy atom. The van der Waals surface area contributed by atoms with Crippen molar-refractivity contribution in [1.82, 2.24) is 15.2 Å². The Labute approximate surface area is 170 Å². The summed E-state index contributed by atoms with van der Waals surface area (Å²) in [7, 11) is 1.65. The third-order valence-electron chi connectivity index (χ3n) is 4.90. The van der Waals surface area contributed by atoms with Crippen molar-refractivity contribution in [3.8, 4) is 22.1 Å². The highest BCUT2D eigenvalue weighted by Crippen LogP contribution is 2.34. The average molecular weight is 404 g/mol. The topological polar surface area (TPSA) is 63.7 Å². The maximum absolute atomic E-state index is 12.3. The second kappa shape index (κ2) is 9.89. The van der Waals surface area contributed by atoms with Gasteiger partial charge in [0, 0.05) is 30.6 Å². The van der Waals surface area contributed by atoms with E-state index in [9.17, 15) is 4.79 Å². The Kier molecular flexibility index (Phi) is 7.28. The fourth-order valence-corrected chi connectivity index (χ4v) is 4.27. The number of carbonyl (C=O) groups excluding carboxylic acids is 1. The summed E-state index contributed by atoms with van der Waals surface area (Å²) >= 11 is 1.61. The van der Waals surface area contributed by atoms with E-state index in [4.69, 9.17) is 14.5 Å². The Morgan fingerprint density at radius 2 is 2.18 bits per heavy atom. The standard InChI is InChI=1S/C21H29N3O3S/c1-4-6-7-17-20(25)22-10-11-24(17)13-16-14-28-21(23-16)15-8-9-18(27-5-2)19(12-15)26-3/h8-9,12,14,17H,4-7,10-11,13H2,1-3H3,(H,22,25)/t17-/m0/s1. The molecular formula is C21H29N3O3S. The number of thiazole rings is 1. The van der Waals surface area contributed by atoms with E-state index in [2.05, 4.69) is 22.5 Å². The number of aromatic nitrogens is 1. The molecule has 6 nitrogen and oxygen atoms in total. The fourth-order valence-electron chi connectivity index (χ4n) is 3.46. The van der Waals surface area contributed by atoms with Crippen LogP contribution in [0.2, 0.25) is 0 Å². The Morgan fingerprint density at radius 3 is 2.93 bits per heavy atom. The van der Waals surface area contributed by atoms with Crippen molar-refractivity contribution in [2.45, 2.75) is 45.7 Å². The smallest absolute Gasteiger partial charge is 0.237 e. The molecule has 1 aliphatic rings. The summed E-state index contributed by atoms with van der Waals surface area (Å²) in [6.07, 6.45) is 3.05. The molecule has 152 valence electrons. The van der Waals surface area contributed by atoms with Crippen LogP contribution in [0.5, 0.6) is 11.5 Å². The molecule has 1 aromatic heterocycles. The number of nitrogens with zero attached hydrogens (tertiary/aromatic N) is 2. The van der Waals surface area contributed by atoms with Crippen LogP contribution in [0.1, 0.15) is 38.8 Å². The Bertz CT molecular complexity index is 793. The van der Waals surface area contributed by atoms with Gasteiger partial charge in [0.2, 0.25) is 5.91 Å². The van der Waals surface area contributed by atoms with E-state index in [0.29, 0.717) is 25.4 Å². The number of unbranched alkanes of at least 4 members (excludes halogenated alkanes) is 1. The van der Waals surface area contributed by atoms with Gasteiger partial charge in [-0.25, -0.2) is 4.98 Å². The van der Waals surface area contributed by atoms with Gasteiger partial charge in [-0.15, -0.1) is 11.3 Å². The number of ether oxygens (including phenoxy) is 2. The lowest BCUT2D eigenvalue weighted by molar-refractivity contribution is -0.129. The van der Waals surface area contributed by atoms with Crippen molar-refractivity contribution in [2.75, 3.05) is 26.8 Å². The lowest BCUT2D eigenvalue weighted by Crippen LogP contribution is -2.54. The molecule has 1 aliphatic heterocycles. The van der Waals surface area contributed by atoms with Crippen molar-refractivity contribution in [1.29, 1.82) is 0 Å². The first-order valence-corrected chi connectivity index (χ1v) is 10.8. The predicted octanol–water partition coefficient (Wildman–Crippen LogP) is 3.71. The van der Waals surface area contributed by atoms with Gasteiger partial charge in [-0.1, -0.05) is 19.8 Å². The van der Waals surface area contributed by atoms with E-state index in [1.165, 1.54) is 0 Å². The number of amides is 1. The largest absolute Gasteiger partial charge is 0.493 e. The van der Waals surface area contributed by atoms with Gasteiger partial charge in [-0.3, -0.25) is 9.69 Å². The maximum atomic E-state index is 12.3. The molecule has 1 aromatic carbocycles. The quantitative estimate of drug-likeness (QED) is 0.692. The van der Waals surface area contributed by atoms with Gasteiger partial charge in [0.25, 0.3) is 0 Å². The molecule has 0 radical (unpaired) electrons. The zero-order valence-electron chi connectivity index (χ0n) is 16.9. The number of carbonyl (C=O) groups is 1. The van der Waals surface area contributed by atoms with Gasteiger partial charge < -0.3 is 14.8 Å². The molecule has 28 heavy (non-hydrogen) atoms. The molecule has 2 heterocycles. The number of nitrogens with one attached hydrogen (secondary N) is 1. The van der Waals surface area contributed by atoms with E-state index >= 15 is 0 Å². The second-order valence-corrected chi connectivity index (χ2v) is 7.72. The van der Waals surface area contributed by atoms with Gasteiger partial charge in [0.15, 0.2) is 11.5 Å². The Hall–Kier alpha value is -2.12. The third-order valence-corrected chi connectivity index (χ3v) is 5.84. The van der Waals surface area contributed by atoms with Crippen LogP contribution in [-0.4, -0.2) is 48.6 Å². The van der Waals surface area contributed by atoms with Crippen molar-refractivity contribution < 1.29 is 14.3 Å². The zero-order chi connectivity index (χ0) is 19.9. The van der Waals surface area contributed by atoms with E-state index in [1.54, 1.807) is 18.4 Å². The summed E-state index contributed by atoms with van der Waals surface area (Å²) in [6.45, 7) is 6.97. The van der Waals surface area contributed by atoms with E-state index in [0.717, 1.165) is 47.8 Å². The molecule has 1 amide bonds. The number of hydrogen-bond acceptors (Lipinski definition) is 6. The maximum Gasteiger partial charge on any atom is 0.237 e. The summed E-state index contributed by atoms with van der Waals surface area (Å²) < 4.78 is 11.0. The van der Waals surface area contributed by atoms with Gasteiger partial charge in [0.1, 0.15) is 5.01 Å². The second-order valence-electron chi connectivity index (χ2n) is 6.86. The van der Waals surface area contributed by atoms with Crippen LogP contribution < -0.4 is 14.8 Å². The number of rotatable bonds is 9. The van der Waals surface area contributed by atoms with Crippen molar-refractivity contribution in [2.24, 2.45) is 0 Å². The Balaban J connectivity index is 1.73. The van der Waals surface area contributed by atoms with Crippen LogP contribution in [0.15, 0.2) is 23.6 Å². The van der Waals surface area contributed by atoms with Gasteiger partial charge >= 0.3 is 0 Å². The summed E-state index contributed by atoms with van der Waals surface area (Å²) in [5.74, 6) is 1.60. The molecule has 0 bridgehead atoms. The molecule has 3 rings (SSSR count). The van der Waals surface area contributed by atoms with E-state index in [-0.39, 0.29) is 11.9 Å². The molecule has 0 unspecified atom stereocenters. The highest BCUT2D eigenvalue weighted by atomic mass is 32.1. The SMILES string of the molecule is CCCC[C@H]1C(=O)NCCN1Cc1csc(-c2ccc(OCC)c(OC)c2)n1. The van der Waals surface area contributed by atoms with Gasteiger partial charge in [-0.2, -0.15) is 0 Å². The molecule has 1 N–H and O–H groups in total. The summed E-state index contributed by atoms with van der Waals surface area (Å²) in [6, 6.07) is 5.85. The molecule has 1 atom stereocenters. The van der Waals surface area contributed by atoms with E-state index in [1.807, 2.05) is 25.1 Å². The minimum atomic E-state index is -0.0515. The van der Waals surface area contributed by atoms with Crippen LogP contribution in [0.3, 0.4) is 0 Å². The minimum absolute atomic E-state index is 0.0515. The summed E-state index contributed by atoms with van der Waals surface area (Å²) in [4.78, 5) is 19.4. The lowest BCUT2D eigenvalue weighted by atomic mass is 10.1. The average Bonchev–Trinajstić information content (AvgIpc) is 3.16. The number of methoxy groups -OCH3 is 1. The van der Waals surface area contributed by atoms with Crippen molar-refractivity contribution in [3.63, 3.8) is 0 Å². The molecule has 0 saturated carbocycles. The fraction of sp³-hybridized carbons (Fsp3) is 0.524. The van der Waals surface area contributed by atoms with Gasteiger partial charge in [-0.05, 0) is 31.5 Å². The first-order valence-electron chi connectivity index (χ1n) is 9.93. The normalized spacial score (nSPS) is 17.4. The summed E-state index contributed by atoms with van der Waals surface area (Å²) in [5.41, 5.74) is 2.01. The van der Waals surface area contributed by atoms with Crippen molar-refractivity contribution in [3.05, 3.63) is 29.3 Å². The molecule has 1 fully saturated rings. The zero-order valence-corrected chi connectivity index (χ0v) is 17.7. The predicted molar refractivity (Wildman–Crippen MR) is 112 cm³/mol.